The fourth-order valence-corrected chi connectivity index (χ4v) is 3.14. The molecule has 4 rings (SSSR count). The van der Waals surface area contributed by atoms with Crippen LogP contribution in [0.25, 0.3) is 11.3 Å². The molecule has 9 heteroatoms. The van der Waals surface area contributed by atoms with Gasteiger partial charge in [0.25, 0.3) is 0 Å². The van der Waals surface area contributed by atoms with E-state index in [1.165, 1.54) is 0 Å². The number of carbonyl (C=O) groups is 1. The van der Waals surface area contributed by atoms with Crippen LogP contribution in [0, 0.1) is 0 Å². The number of aromatic nitrogens is 3. The van der Waals surface area contributed by atoms with E-state index >= 15 is 0 Å². The fourth-order valence-electron chi connectivity index (χ4n) is 3.14. The SMILES string of the molecule is O=C(O)CNc1nc(Nc2ccc(N3CCOCC3)cc2)cc(-c2ccncc2)n1. The Kier molecular flexibility index (Phi) is 6.00. The lowest BCUT2D eigenvalue weighted by Gasteiger charge is -2.28. The molecule has 1 saturated heterocycles. The van der Waals surface area contributed by atoms with Crippen LogP contribution in [0.3, 0.4) is 0 Å². The molecule has 154 valence electrons. The lowest BCUT2D eigenvalue weighted by molar-refractivity contribution is -0.134. The van der Waals surface area contributed by atoms with Gasteiger partial charge in [0.05, 0.1) is 18.9 Å². The molecule has 0 radical (unpaired) electrons. The molecule has 0 spiro atoms. The molecule has 0 saturated carbocycles. The number of pyridine rings is 1. The average Bonchev–Trinajstić information content (AvgIpc) is 2.79. The maximum absolute atomic E-state index is 10.9. The number of nitrogens with one attached hydrogen (secondary N) is 2. The summed E-state index contributed by atoms with van der Waals surface area (Å²) in [6.45, 7) is 2.97. The van der Waals surface area contributed by atoms with Gasteiger partial charge in [-0.2, -0.15) is 4.98 Å². The molecular formula is C21H22N6O3. The van der Waals surface area contributed by atoms with Gasteiger partial charge >= 0.3 is 5.97 Å². The molecular weight excluding hydrogens is 384 g/mol. The number of carboxylic acids is 1. The molecule has 0 amide bonds. The predicted octanol–water partition coefficient (Wildman–Crippen LogP) is 2.62. The minimum Gasteiger partial charge on any atom is -0.480 e. The summed E-state index contributed by atoms with van der Waals surface area (Å²) in [5, 5.41) is 15.0. The second kappa shape index (κ2) is 9.19. The summed E-state index contributed by atoms with van der Waals surface area (Å²) in [7, 11) is 0. The first-order valence-electron chi connectivity index (χ1n) is 9.62. The number of ether oxygens (including phenoxy) is 1. The Morgan fingerprint density at radius 2 is 1.80 bits per heavy atom. The normalized spacial score (nSPS) is 13.7. The van der Waals surface area contributed by atoms with Gasteiger partial charge in [-0.05, 0) is 36.4 Å². The monoisotopic (exact) mass is 406 g/mol. The third-order valence-corrected chi connectivity index (χ3v) is 4.62. The summed E-state index contributed by atoms with van der Waals surface area (Å²) in [4.78, 5) is 26.0. The third kappa shape index (κ3) is 5.00. The minimum absolute atomic E-state index is 0.235. The van der Waals surface area contributed by atoms with Crippen molar-refractivity contribution in [3.8, 4) is 11.3 Å². The van der Waals surface area contributed by atoms with Gasteiger partial charge in [0, 0.05) is 48.5 Å². The lowest BCUT2D eigenvalue weighted by Crippen LogP contribution is -2.36. The summed E-state index contributed by atoms with van der Waals surface area (Å²) < 4.78 is 5.40. The second-order valence-corrected chi connectivity index (χ2v) is 6.72. The molecule has 3 heterocycles. The maximum atomic E-state index is 10.9. The van der Waals surface area contributed by atoms with Crippen molar-refractivity contribution in [3.63, 3.8) is 0 Å². The Bertz CT molecular complexity index is 991. The summed E-state index contributed by atoms with van der Waals surface area (Å²) in [5.74, 6) is -0.191. The smallest absolute Gasteiger partial charge is 0.322 e. The number of anilines is 4. The third-order valence-electron chi connectivity index (χ3n) is 4.62. The summed E-state index contributed by atoms with van der Waals surface area (Å²) >= 11 is 0. The Labute approximate surface area is 173 Å². The van der Waals surface area contributed by atoms with E-state index in [-0.39, 0.29) is 12.5 Å². The lowest BCUT2D eigenvalue weighted by atomic mass is 10.2. The number of hydrogen-bond acceptors (Lipinski definition) is 8. The van der Waals surface area contributed by atoms with E-state index in [1.807, 2.05) is 30.3 Å². The quantitative estimate of drug-likeness (QED) is 0.545. The maximum Gasteiger partial charge on any atom is 0.322 e. The zero-order chi connectivity index (χ0) is 20.8. The second-order valence-electron chi connectivity index (χ2n) is 6.72. The van der Waals surface area contributed by atoms with Crippen molar-refractivity contribution >= 4 is 29.1 Å². The molecule has 1 aliphatic rings. The van der Waals surface area contributed by atoms with Gasteiger partial charge in [-0.25, -0.2) is 4.98 Å². The molecule has 0 atom stereocenters. The van der Waals surface area contributed by atoms with E-state index in [0.29, 0.717) is 11.5 Å². The molecule has 1 aliphatic heterocycles. The van der Waals surface area contributed by atoms with Crippen LogP contribution in [0.15, 0.2) is 54.9 Å². The number of morpholine rings is 1. The van der Waals surface area contributed by atoms with Crippen molar-refractivity contribution in [3.05, 3.63) is 54.9 Å². The first-order chi connectivity index (χ1) is 14.7. The van der Waals surface area contributed by atoms with E-state index in [9.17, 15) is 4.79 Å². The van der Waals surface area contributed by atoms with Gasteiger partial charge < -0.3 is 25.4 Å². The topological polar surface area (TPSA) is 112 Å². The molecule has 0 bridgehead atoms. The van der Waals surface area contributed by atoms with Crippen LogP contribution in [-0.4, -0.2) is 58.9 Å². The molecule has 3 N–H and O–H groups in total. The Morgan fingerprint density at radius 1 is 1.07 bits per heavy atom. The van der Waals surface area contributed by atoms with Crippen molar-refractivity contribution < 1.29 is 14.6 Å². The van der Waals surface area contributed by atoms with Gasteiger partial charge in [-0.3, -0.25) is 9.78 Å². The van der Waals surface area contributed by atoms with Crippen LogP contribution < -0.4 is 15.5 Å². The predicted molar refractivity (Wildman–Crippen MR) is 114 cm³/mol. The summed E-state index contributed by atoms with van der Waals surface area (Å²) in [6, 6.07) is 13.6. The molecule has 3 aromatic rings. The Balaban J connectivity index is 1.56. The van der Waals surface area contributed by atoms with Crippen LogP contribution in [0.2, 0.25) is 0 Å². The van der Waals surface area contributed by atoms with Crippen molar-refractivity contribution in [2.45, 2.75) is 0 Å². The number of hydrogen-bond donors (Lipinski definition) is 3. The van der Waals surface area contributed by atoms with Crippen LogP contribution in [0.1, 0.15) is 0 Å². The number of carboxylic acid groups (broad SMARTS) is 1. The first kappa shape index (κ1) is 19.6. The van der Waals surface area contributed by atoms with Gasteiger partial charge in [0.2, 0.25) is 5.95 Å². The highest BCUT2D eigenvalue weighted by atomic mass is 16.5. The van der Waals surface area contributed by atoms with Crippen LogP contribution in [0.4, 0.5) is 23.1 Å². The highest BCUT2D eigenvalue weighted by molar-refractivity contribution is 5.73. The number of nitrogens with zero attached hydrogens (tertiary/aromatic N) is 4. The highest BCUT2D eigenvalue weighted by Crippen LogP contribution is 2.25. The molecule has 30 heavy (non-hydrogen) atoms. The van der Waals surface area contributed by atoms with Gasteiger partial charge in [0.15, 0.2) is 0 Å². The van der Waals surface area contributed by atoms with E-state index in [4.69, 9.17) is 9.84 Å². The number of aliphatic carboxylic acids is 1. The molecule has 9 nitrogen and oxygen atoms in total. The van der Waals surface area contributed by atoms with Crippen molar-refractivity contribution in [1.82, 2.24) is 15.0 Å². The zero-order valence-electron chi connectivity index (χ0n) is 16.3. The largest absolute Gasteiger partial charge is 0.480 e. The Hall–Kier alpha value is -3.72. The zero-order valence-corrected chi connectivity index (χ0v) is 16.3. The molecule has 2 aromatic heterocycles. The summed E-state index contributed by atoms with van der Waals surface area (Å²) in [6.07, 6.45) is 3.36. The minimum atomic E-state index is -0.985. The molecule has 1 aromatic carbocycles. The van der Waals surface area contributed by atoms with E-state index < -0.39 is 5.97 Å². The Morgan fingerprint density at radius 3 is 2.50 bits per heavy atom. The van der Waals surface area contributed by atoms with E-state index in [1.54, 1.807) is 12.4 Å². The number of benzene rings is 1. The average molecular weight is 406 g/mol. The van der Waals surface area contributed by atoms with Gasteiger partial charge in [0.1, 0.15) is 12.4 Å². The van der Waals surface area contributed by atoms with Gasteiger partial charge in [-0.15, -0.1) is 0 Å². The standard InChI is InChI=1S/C21H22N6O3/c28-20(29)14-23-21-25-18(15-5-7-22-8-6-15)13-19(26-21)24-16-1-3-17(4-2-16)27-9-11-30-12-10-27/h1-8,13H,9-12,14H2,(H,28,29)(H2,23,24,25,26). The first-order valence-corrected chi connectivity index (χ1v) is 9.62. The fraction of sp³-hybridized carbons (Fsp3) is 0.238. The summed E-state index contributed by atoms with van der Waals surface area (Å²) in [5.41, 5.74) is 3.53. The van der Waals surface area contributed by atoms with Crippen molar-refractivity contribution in [2.75, 3.05) is 48.4 Å². The number of rotatable bonds is 7. The van der Waals surface area contributed by atoms with Gasteiger partial charge in [-0.1, -0.05) is 0 Å². The highest BCUT2D eigenvalue weighted by Gasteiger charge is 2.12. The van der Waals surface area contributed by atoms with Crippen molar-refractivity contribution in [2.24, 2.45) is 0 Å². The van der Waals surface area contributed by atoms with Crippen LogP contribution in [0.5, 0.6) is 0 Å². The molecule has 1 fully saturated rings. The van der Waals surface area contributed by atoms with Crippen LogP contribution >= 0.6 is 0 Å². The molecule has 0 aliphatic carbocycles. The van der Waals surface area contributed by atoms with Crippen molar-refractivity contribution in [1.29, 1.82) is 0 Å². The van der Waals surface area contributed by atoms with Crippen LogP contribution in [-0.2, 0) is 9.53 Å². The molecule has 0 unspecified atom stereocenters. The van der Waals surface area contributed by atoms with E-state index in [2.05, 4.69) is 42.6 Å². The van der Waals surface area contributed by atoms with E-state index in [0.717, 1.165) is 43.2 Å².